The zero-order valence-corrected chi connectivity index (χ0v) is 17.0. The fourth-order valence-corrected chi connectivity index (χ4v) is 4.10. The molecule has 31 heavy (non-hydrogen) atoms. The number of hydrogen-bond acceptors (Lipinski definition) is 4. The number of pyridine rings is 2. The van der Waals surface area contributed by atoms with E-state index in [1.165, 1.54) is 9.13 Å². The molecule has 0 saturated heterocycles. The van der Waals surface area contributed by atoms with Crippen LogP contribution in [0.2, 0.25) is 0 Å². The van der Waals surface area contributed by atoms with Gasteiger partial charge in [-0.2, -0.15) is 0 Å². The fraction of sp³-hybridized carbons (Fsp3) is 0.130. The summed E-state index contributed by atoms with van der Waals surface area (Å²) < 4.78 is 4.71. The summed E-state index contributed by atoms with van der Waals surface area (Å²) in [5, 5.41) is 9.29. The zero-order chi connectivity index (χ0) is 21.7. The van der Waals surface area contributed by atoms with E-state index in [0.29, 0.717) is 16.9 Å². The Kier molecular flexibility index (Phi) is 4.21. The van der Waals surface area contributed by atoms with Gasteiger partial charge in [0.1, 0.15) is 12.4 Å². The molecule has 0 aliphatic heterocycles. The SMILES string of the molecule is Cc1cc(-c2cccn3cncc23)cnc1-n1c(=O)n(CC(=O)O)c2cccc(C)c21. The summed E-state index contributed by atoms with van der Waals surface area (Å²) in [6.45, 7) is 3.38. The molecule has 1 aromatic carbocycles. The van der Waals surface area contributed by atoms with Gasteiger partial charge >= 0.3 is 11.7 Å². The number of fused-ring (bicyclic) bond motifs is 2. The van der Waals surface area contributed by atoms with E-state index >= 15 is 0 Å². The van der Waals surface area contributed by atoms with Crippen LogP contribution in [0.1, 0.15) is 11.1 Å². The van der Waals surface area contributed by atoms with Crippen molar-refractivity contribution >= 4 is 22.5 Å². The van der Waals surface area contributed by atoms with E-state index in [0.717, 1.165) is 27.8 Å². The second-order valence-electron chi connectivity index (χ2n) is 7.51. The molecule has 154 valence electrons. The molecule has 0 amide bonds. The summed E-state index contributed by atoms with van der Waals surface area (Å²) in [5.74, 6) is -0.589. The highest BCUT2D eigenvalue weighted by molar-refractivity contribution is 5.84. The predicted octanol–water partition coefficient (Wildman–Crippen LogP) is 3.20. The van der Waals surface area contributed by atoms with Crippen molar-refractivity contribution in [1.82, 2.24) is 23.5 Å². The Balaban J connectivity index is 1.73. The lowest BCUT2D eigenvalue weighted by atomic mass is 10.1. The Morgan fingerprint density at radius 1 is 1.06 bits per heavy atom. The minimum Gasteiger partial charge on any atom is -0.480 e. The maximum absolute atomic E-state index is 13.2. The molecule has 4 heterocycles. The molecule has 5 aromatic rings. The molecule has 0 saturated carbocycles. The number of imidazole rings is 2. The molecule has 0 aliphatic rings. The number of carboxylic acids is 1. The number of aromatic nitrogens is 5. The summed E-state index contributed by atoms with van der Waals surface area (Å²) in [5.41, 5.74) is 5.34. The van der Waals surface area contributed by atoms with Crippen LogP contribution in [-0.2, 0) is 11.3 Å². The topological polar surface area (TPSA) is 94.4 Å². The average Bonchev–Trinajstić information content (AvgIpc) is 3.32. The lowest BCUT2D eigenvalue weighted by Gasteiger charge is -2.11. The number of carboxylic acid groups (broad SMARTS) is 1. The first-order valence-corrected chi connectivity index (χ1v) is 9.76. The molecule has 0 unspecified atom stereocenters. The molecule has 0 spiro atoms. The number of hydrogen-bond donors (Lipinski definition) is 1. The standard InChI is InChI=1S/C23H19N5O3/c1-14-5-3-7-18-21(14)28(23(31)27(18)12-20(29)30)22-15(2)9-16(10-25-22)17-6-4-8-26-13-24-11-19(17)26/h3-11,13H,12H2,1-2H3,(H,29,30). The van der Waals surface area contributed by atoms with Crippen LogP contribution in [0.3, 0.4) is 0 Å². The van der Waals surface area contributed by atoms with Gasteiger partial charge in [-0.15, -0.1) is 0 Å². The Morgan fingerprint density at radius 2 is 1.90 bits per heavy atom. The fourth-order valence-electron chi connectivity index (χ4n) is 4.10. The van der Waals surface area contributed by atoms with Crippen molar-refractivity contribution < 1.29 is 9.90 Å². The van der Waals surface area contributed by atoms with Crippen LogP contribution in [0.5, 0.6) is 0 Å². The largest absolute Gasteiger partial charge is 0.480 e. The number of aryl methyl sites for hydroxylation is 2. The summed E-state index contributed by atoms with van der Waals surface area (Å²) in [6.07, 6.45) is 7.20. The van der Waals surface area contributed by atoms with E-state index < -0.39 is 18.2 Å². The molecular weight excluding hydrogens is 394 g/mol. The Labute approximate surface area is 176 Å². The summed E-state index contributed by atoms with van der Waals surface area (Å²) in [6, 6.07) is 11.4. The lowest BCUT2D eigenvalue weighted by Crippen LogP contribution is -2.27. The third kappa shape index (κ3) is 2.92. The van der Waals surface area contributed by atoms with Crippen LogP contribution >= 0.6 is 0 Å². The number of nitrogens with zero attached hydrogens (tertiary/aromatic N) is 5. The lowest BCUT2D eigenvalue weighted by molar-refractivity contribution is -0.137. The van der Waals surface area contributed by atoms with Gasteiger partial charge in [0.15, 0.2) is 0 Å². The molecule has 0 fully saturated rings. The van der Waals surface area contributed by atoms with Crippen molar-refractivity contribution in [3.8, 4) is 16.9 Å². The van der Waals surface area contributed by atoms with Crippen LogP contribution in [0.15, 0.2) is 66.1 Å². The highest BCUT2D eigenvalue weighted by atomic mass is 16.4. The first kappa shape index (κ1) is 18.8. The quantitative estimate of drug-likeness (QED) is 0.488. The van der Waals surface area contributed by atoms with E-state index in [2.05, 4.69) is 9.97 Å². The summed E-state index contributed by atoms with van der Waals surface area (Å²) in [4.78, 5) is 33.4. The number of benzene rings is 1. The monoisotopic (exact) mass is 413 g/mol. The van der Waals surface area contributed by atoms with Gasteiger partial charge in [-0.25, -0.2) is 19.3 Å². The van der Waals surface area contributed by atoms with Crippen molar-refractivity contribution in [2.24, 2.45) is 0 Å². The van der Waals surface area contributed by atoms with Crippen molar-refractivity contribution in [2.75, 3.05) is 0 Å². The van der Waals surface area contributed by atoms with Crippen LogP contribution in [0.25, 0.3) is 33.5 Å². The van der Waals surface area contributed by atoms with Crippen molar-refractivity contribution in [3.05, 3.63) is 82.9 Å². The molecular formula is C23H19N5O3. The molecule has 0 atom stereocenters. The van der Waals surface area contributed by atoms with Gasteiger partial charge in [0.25, 0.3) is 0 Å². The minimum absolute atomic E-state index is 0.411. The molecule has 5 rings (SSSR count). The average molecular weight is 413 g/mol. The first-order chi connectivity index (χ1) is 15.0. The molecule has 0 radical (unpaired) electrons. The van der Waals surface area contributed by atoms with Crippen molar-refractivity contribution in [2.45, 2.75) is 20.4 Å². The zero-order valence-electron chi connectivity index (χ0n) is 17.0. The van der Waals surface area contributed by atoms with E-state index in [1.54, 1.807) is 24.8 Å². The van der Waals surface area contributed by atoms with Crippen molar-refractivity contribution in [1.29, 1.82) is 0 Å². The molecule has 0 aliphatic carbocycles. The third-order valence-electron chi connectivity index (χ3n) is 5.47. The maximum atomic E-state index is 13.2. The highest BCUT2D eigenvalue weighted by Gasteiger charge is 2.20. The van der Waals surface area contributed by atoms with Crippen LogP contribution in [0.4, 0.5) is 0 Å². The van der Waals surface area contributed by atoms with E-state index in [4.69, 9.17) is 0 Å². The highest BCUT2D eigenvalue weighted by Crippen LogP contribution is 2.28. The van der Waals surface area contributed by atoms with Gasteiger partial charge in [0, 0.05) is 23.5 Å². The van der Waals surface area contributed by atoms with Gasteiger partial charge in [0.2, 0.25) is 0 Å². The first-order valence-electron chi connectivity index (χ1n) is 9.76. The van der Waals surface area contributed by atoms with E-state index in [-0.39, 0.29) is 0 Å². The van der Waals surface area contributed by atoms with Crippen LogP contribution in [0, 0.1) is 13.8 Å². The second-order valence-corrected chi connectivity index (χ2v) is 7.51. The number of para-hydroxylation sites is 1. The van der Waals surface area contributed by atoms with Crippen LogP contribution < -0.4 is 5.69 Å². The van der Waals surface area contributed by atoms with Gasteiger partial charge < -0.3 is 9.51 Å². The summed E-state index contributed by atoms with van der Waals surface area (Å²) in [7, 11) is 0. The normalized spacial score (nSPS) is 11.4. The number of aliphatic carboxylic acids is 1. The Hall–Kier alpha value is -4.20. The number of carbonyl (C=O) groups is 1. The smallest absolute Gasteiger partial charge is 0.335 e. The van der Waals surface area contributed by atoms with Gasteiger partial charge in [-0.1, -0.05) is 18.2 Å². The van der Waals surface area contributed by atoms with Crippen LogP contribution in [-0.4, -0.2) is 34.6 Å². The van der Waals surface area contributed by atoms with E-state index in [1.807, 2.05) is 54.8 Å². The van der Waals surface area contributed by atoms with Gasteiger partial charge in [-0.05, 0) is 43.2 Å². The summed E-state index contributed by atoms with van der Waals surface area (Å²) >= 11 is 0. The van der Waals surface area contributed by atoms with E-state index in [9.17, 15) is 14.7 Å². The van der Waals surface area contributed by atoms with Gasteiger partial charge in [-0.3, -0.25) is 9.36 Å². The predicted molar refractivity (Wildman–Crippen MR) is 117 cm³/mol. The molecule has 8 heteroatoms. The third-order valence-corrected chi connectivity index (χ3v) is 5.47. The Bertz CT molecular complexity index is 1540. The van der Waals surface area contributed by atoms with Gasteiger partial charge in [0.05, 0.1) is 29.1 Å². The molecule has 4 aromatic heterocycles. The maximum Gasteiger partial charge on any atom is 0.335 e. The molecule has 0 bridgehead atoms. The molecule has 1 N–H and O–H groups in total. The second kappa shape index (κ2) is 6.94. The minimum atomic E-state index is -1.07. The Morgan fingerprint density at radius 3 is 2.68 bits per heavy atom. The molecule has 8 nitrogen and oxygen atoms in total. The van der Waals surface area contributed by atoms with Crippen molar-refractivity contribution in [3.63, 3.8) is 0 Å². The number of rotatable bonds is 4.